The van der Waals surface area contributed by atoms with Crippen LogP contribution < -0.4 is 15.0 Å². The lowest BCUT2D eigenvalue weighted by Gasteiger charge is -2.22. The molecular weight excluding hydrogens is 232 g/mol. The molecule has 0 aliphatic carbocycles. The van der Waals surface area contributed by atoms with E-state index in [-0.39, 0.29) is 0 Å². The molecule has 0 aliphatic heterocycles. The van der Waals surface area contributed by atoms with Gasteiger partial charge in [0.25, 0.3) is 0 Å². The summed E-state index contributed by atoms with van der Waals surface area (Å²) in [6, 6.07) is 7.83. The van der Waals surface area contributed by atoms with Crippen LogP contribution >= 0.6 is 12.2 Å². The summed E-state index contributed by atoms with van der Waals surface area (Å²) in [7, 11) is 3.62. The molecule has 3 nitrogen and oxygen atoms in total. The molecule has 17 heavy (non-hydrogen) atoms. The maximum Gasteiger partial charge on any atom is 0.173 e. The van der Waals surface area contributed by atoms with Crippen LogP contribution in [0.15, 0.2) is 24.3 Å². The van der Waals surface area contributed by atoms with Crippen LogP contribution in [0.25, 0.3) is 0 Å². The Morgan fingerprint density at radius 1 is 1.35 bits per heavy atom. The van der Waals surface area contributed by atoms with Crippen LogP contribution in [0.2, 0.25) is 0 Å². The van der Waals surface area contributed by atoms with Crippen LogP contribution in [-0.4, -0.2) is 25.8 Å². The van der Waals surface area contributed by atoms with Crippen molar-refractivity contribution in [1.29, 1.82) is 0 Å². The lowest BCUT2D eigenvalue weighted by atomic mass is 10.2. The molecule has 0 radical (unpaired) electrons. The first-order valence-corrected chi connectivity index (χ1v) is 6.11. The number of benzene rings is 1. The molecule has 1 aromatic carbocycles. The van der Waals surface area contributed by atoms with Gasteiger partial charge in [-0.1, -0.05) is 13.8 Å². The molecule has 0 saturated heterocycles. The molecule has 0 unspecified atom stereocenters. The van der Waals surface area contributed by atoms with E-state index in [9.17, 15) is 0 Å². The molecule has 1 aromatic rings. The number of nitrogens with one attached hydrogen (secondary N) is 1. The smallest absolute Gasteiger partial charge is 0.173 e. The van der Waals surface area contributed by atoms with E-state index in [1.54, 1.807) is 7.11 Å². The van der Waals surface area contributed by atoms with E-state index in [1.165, 1.54) is 0 Å². The molecule has 0 heterocycles. The molecular formula is C13H20N2OS. The van der Waals surface area contributed by atoms with Crippen molar-refractivity contribution in [3.8, 4) is 5.75 Å². The Hall–Kier alpha value is -1.29. The van der Waals surface area contributed by atoms with Crippen LogP contribution in [0.4, 0.5) is 5.69 Å². The van der Waals surface area contributed by atoms with E-state index in [0.29, 0.717) is 5.92 Å². The Bertz CT molecular complexity index is 362. The molecule has 0 saturated carbocycles. The van der Waals surface area contributed by atoms with Gasteiger partial charge in [-0.15, -0.1) is 0 Å². The first kappa shape index (κ1) is 13.8. The van der Waals surface area contributed by atoms with Gasteiger partial charge in [-0.2, -0.15) is 0 Å². The third kappa shape index (κ3) is 4.23. The normalized spacial score (nSPS) is 10.2. The maximum atomic E-state index is 5.32. The number of nitrogens with zero attached hydrogens (tertiary/aromatic N) is 1. The predicted molar refractivity (Wildman–Crippen MR) is 76.8 cm³/mol. The molecule has 0 spiro atoms. The zero-order valence-corrected chi connectivity index (χ0v) is 11.7. The first-order valence-electron chi connectivity index (χ1n) is 5.70. The molecule has 1 N–H and O–H groups in total. The van der Waals surface area contributed by atoms with Gasteiger partial charge in [0.1, 0.15) is 5.75 Å². The molecule has 0 fully saturated rings. The van der Waals surface area contributed by atoms with E-state index in [4.69, 9.17) is 17.0 Å². The summed E-state index contributed by atoms with van der Waals surface area (Å²) in [5.74, 6) is 1.43. The second-order valence-electron chi connectivity index (χ2n) is 4.34. The minimum Gasteiger partial charge on any atom is -0.497 e. The fourth-order valence-corrected chi connectivity index (χ4v) is 1.52. The van der Waals surface area contributed by atoms with Crippen molar-refractivity contribution in [3.63, 3.8) is 0 Å². The largest absolute Gasteiger partial charge is 0.497 e. The standard InChI is InChI=1S/C13H20N2OS/c1-10(2)9-14-13(17)15(3)11-5-7-12(16-4)8-6-11/h5-8,10H,9H2,1-4H3,(H,14,17). The van der Waals surface area contributed by atoms with E-state index in [1.807, 2.05) is 36.2 Å². The number of thiocarbonyl (C=S) groups is 1. The van der Waals surface area contributed by atoms with Crippen molar-refractivity contribution in [1.82, 2.24) is 5.32 Å². The van der Waals surface area contributed by atoms with Crippen molar-refractivity contribution in [2.24, 2.45) is 5.92 Å². The number of anilines is 1. The first-order chi connectivity index (χ1) is 8.04. The molecule has 0 aromatic heterocycles. The maximum absolute atomic E-state index is 5.32. The number of rotatable bonds is 4. The average Bonchev–Trinajstić information content (AvgIpc) is 2.35. The fraction of sp³-hybridized carbons (Fsp3) is 0.462. The Balaban J connectivity index is 2.61. The highest BCUT2D eigenvalue weighted by molar-refractivity contribution is 7.80. The molecule has 4 heteroatoms. The molecule has 0 atom stereocenters. The van der Waals surface area contributed by atoms with Crippen molar-refractivity contribution < 1.29 is 4.74 Å². The van der Waals surface area contributed by atoms with Crippen LogP contribution in [0.5, 0.6) is 5.75 Å². The Morgan fingerprint density at radius 2 is 1.94 bits per heavy atom. The number of ether oxygens (including phenoxy) is 1. The van der Waals surface area contributed by atoms with Crippen LogP contribution in [0.1, 0.15) is 13.8 Å². The second kappa shape index (κ2) is 6.45. The Morgan fingerprint density at radius 3 is 2.41 bits per heavy atom. The SMILES string of the molecule is COc1ccc(N(C)C(=S)NCC(C)C)cc1. The van der Waals surface area contributed by atoms with Crippen LogP contribution in [-0.2, 0) is 0 Å². The summed E-state index contributed by atoms with van der Waals surface area (Å²) in [5, 5.41) is 3.97. The van der Waals surface area contributed by atoms with Gasteiger partial charge in [-0.3, -0.25) is 0 Å². The highest BCUT2D eigenvalue weighted by atomic mass is 32.1. The van der Waals surface area contributed by atoms with Crippen molar-refractivity contribution in [2.75, 3.05) is 25.6 Å². The zero-order valence-electron chi connectivity index (χ0n) is 10.9. The second-order valence-corrected chi connectivity index (χ2v) is 4.72. The predicted octanol–water partition coefficient (Wildman–Crippen LogP) is 2.66. The lowest BCUT2D eigenvalue weighted by molar-refractivity contribution is 0.415. The molecule has 94 valence electrons. The third-order valence-corrected chi connectivity index (χ3v) is 2.84. The van der Waals surface area contributed by atoms with E-state index >= 15 is 0 Å². The Kier molecular flexibility index (Phi) is 5.22. The minimum atomic E-state index is 0.581. The highest BCUT2D eigenvalue weighted by Crippen LogP contribution is 2.18. The zero-order chi connectivity index (χ0) is 12.8. The number of hydrogen-bond acceptors (Lipinski definition) is 2. The lowest BCUT2D eigenvalue weighted by Crippen LogP contribution is -2.38. The monoisotopic (exact) mass is 252 g/mol. The summed E-state index contributed by atoms with van der Waals surface area (Å²) in [5.41, 5.74) is 1.05. The molecule has 0 amide bonds. The van der Waals surface area contributed by atoms with E-state index in [0.717, 1.165) is 23.1 Å². The van der Waals surface area contributed by atoms with E-state index < -0.39 is 0 Å². The number of methoxy groups -OCH3 is 1. The van der Waals surface area contributed by atoms with Gasteiger partial charge in [-0.25, -0.2) is 0 Å². The molecule has 1 rings (SSSR count). The van der Waals surface area contributed by atoms with Gasteiger partial charge in [0.05, 0.1) is 7.11 Å². The summed E-state index contributed by atoms with van der Waals surface area (Å²) >= 11 is 5.32. The number of hydrogen-bond donors (Lipinski definition) is 1. The van der Waals surface area contributed by atoms with Gasteiger partial charge in [-0.05, 0) is 42.4 Å². The quantitative estimate of drug-likeness (QED) is 0.833. The van der Waals surface area contributed by atoms with Crippen LogP contribution in [0.3, 0.4) is 0 Å². The third-order valence-electron chi connectivity index (χ3n) is 2.43. The highest BCUT2D eigenvalue weighted by Gasteiger charge is 2.06. The Labute approximate surface area is 109 Å². The van der Waals surface area contributed by atoms with Gasteiger partial charge >= 0.3 is 0 Å². The van der Waals surface area contributed by atoms with Crippen LogP contribution in [0, 0.1) is 5.92 Å². The summed E-state index contributed by atoms with van der Waals surface area (Å²) < 4.78 is 5.12. The van der Waals surface area contributed by atoms with E-state index in [2.05, 4.69) is 19.2 Å². The van der Waals surface area contributed by atoms with Gasteiger partial charge in [0, 0.05) is 19.3 Å². The van der Waals surface area contributed by atoms with Crippen molar-refractivity contribution in [3.05, 3.63) is 24.3 Å². The topological polar surface area (TPSA) is 24.5 Å². The fourth-order valence-electron chi connectivity index (χ4n) is 1.33. The summed E-state index contributed by atoms with van der Waals surface area (Å²) in [4.78, 5) is 1.96. The van der Waals surface area contributed by atoms with Gasteiger partial charge in [0.2, 0.25) is 0 Å². The van der Waals surface area contributed by atoms with Gasteiger partial charge < -0.3 is 15.0 Å². The summed E-state index contributed by atoms with van der Waals surface area (Å²) in [6.45, 7) is 5.20. The van der Waals surface area contributed by atoms with Crippen molar-refractivity contribution >= 4 is 23.0 Å². The summed E-state index contributed by atoms with van der Waals surface area (Å²) in [6.07, 6.45) is 0. The van der Waals surface area contributed by atoms with Crippen molar-refractivity contribution in [2.45, 2.75) is 13.8 Å². The average molecular weight is 252 g/mol. The minimum absolute atomic E-state index is 0.581. The van der Waals surface area contributed by atoms with Gasteiger partial charge in [0.15, 0.2) is 5.11 Å². The molecule has 0 aliphatic rings. The molecule has 0 bridgehead atoms.